The van der Waals surface area contributed by atoms with E-state index in [1.54, 1.807) is 19.1 Å². The maximum absolute atomic E-state index is 12.6. The van der Waals surface area contributed by atoms with Crippen LogP contribution in [0.1, 0.15) is 35.9 Å². The largest absolute Gasteiger partial charge is 0.481 e. The van der Waals surface area contributed by atoms with E-state index < -0.39 is 18.2 Å². The highest BCUT2D eigenvalue weighted by Gasteiger charge is 2.34. The highest BCUT2D eigenvalue weighted by Crippen LogP contribution is 2.28. The molecule has 2 atom stereocenters. The lowest BCUT2D eigenvalue weighted by atomic mass is 10.0. The predicted octanol–water partition coefficient (Wildman–Crippen LogP) is 1.28. The molecule has 1 amide bonds. The van der Waals surface area contributed by atoms with Crippen LogP contribution in [0.5, 0.6) is 0 Å². The minimum absolute atomic E-state index is 0.0438. The van der Waals surface area contributed by atoms with Crippen LogP contribution in [-0.4, -0.2) is 70.3 Å². The molecule has 1 aromatic heterocycles. The topological polar surface area (TPSA) is 107 Å². The number of ether oxygens (including phenoxy) is 2. The van der Waals surface area contributed by atoms with Gasteiger partial charge in [-0.3, -0.25) is 9.59 Å². The Kier molecular flexibility index (Phi) is 6.95. The van der Waals surface area contributed by atoms with E-state index in [1.807, 2.05) is 35.0 Å². The van der Waals surface area contributed by atoms with Gasteiger partial charge in [-0.15, -0.1) is 5.10 Å². The maximum Gasteiger partial charge on any atom is 0.303 e. The summed E-state index contributed by atoms with van der Waals surface area (Å²) in [5.74, 6) is -1.20. The van der Waals surface area contributed by atoms with Gasteiger partial charge in [-0.25, -0.2) is 4.68 Å². The quantitative estimate of drug-likeness (QED) is 0.743. The average molecular weight is 402 g/mol. The third-order valence-electron chi connectivity index (χ3n) is 5.13. The Balaban J connectivity index is 1.87. The summed E-state index contributed by atoms with van der Waals surface area (Å²) in [5, 5.41) is 17.6. The van der Waals surface area contributed by atoms with Gasteiger partial charge in [0.1, 0.15) is 17.9 Å². The summed E-state index contributed by atoms with van der Waals surface area (Å²) in [4.78, 5) is 25.1. The van der Waals surface area contributed by atoms with E-state index in [1.165, 1.54) is 0 Å². The number of fused-ring (bicyclic) bond motifs is 1. The molecule has 0 unspecified atom stereocenters. The first-order valence-electron chi connectivity index (χ1n) is 9.54. The zero-order chi connectivity index (χ0) is 20.8. The van der Waals surface area contributed by atoms with Crippen molar-refractivity contribution in [2.75, 3.05) is 27.3 Å². The Morgan fingerprint density at radius 2 is 1.93 bits per heavy atom. The van der Waals surface area contributed by atoms with E-state index in [0.717, 1.165) is 11.3 Å². The predicted molar refractivity (Wildman–Crippen MR) is 103 cm³/mol. The lowest BCUT2D eigenvalue weighted by molar-refractivity contribution is -0.142. The van der Waals surface area contributed by atoms with Crippen molar-refractivity contribution < 1.29 is 24.2 Å². The van der Waals surface area contributed by atoms with E-state index in [2.05, 4.69) is 10.3 Å². The smallest absolute Gasteiger partial charge is 0.303 e. The second-order valence-corrected chi connectivity index (χ2v) is 6.98. The number of carbonyl (C=O) groups is 2. The highest BCUT2D eigenvalue weighted by atomic mass is 16.5. The lowest BCUT2D eigenvalue weighted by Gasteiger charge is -2.33. The Bertz CT molecular complexity index is 839. The molecule has 0 radical (unpaired) electrons. The lowest BCUT2D eigenvalue weighted by Crippen LogP contribution is -2.44. The van der Waals surface area contributed by atoms with Crippen molar-refractivity contribution in [1.29, 1.82) is 0 Å². The molecule has 2 heterocycles. The van der Waals surface area contributed by atoms with Crippen LogP contribution in [0, 0.1) is 0 Å². The molecule has 9 heteroatoms. The van der Waals surface area contributed by atoms with Crippen molar-refractivity contribution in [3.8, 4) is 0 Å². The molecular formula is C20H26N4O5. The molecule has 0 bridgehead atoms. The van der Waals surface area contributed by atoms with E-state index >= 15 is 0 Å². The van der Waals surface area contributed by atoms with Gasteiger partial charge in [-0.1, -0.05) is 35.5 Å². The number of amides is 1. The average Bonchev–Trinajstić information content (AvgIpc) is 3.08. The van der Waals surface area contributed by atoms with E-state index in [-0.39, 0.29) is 18.7 Å². The molecule has 3 rings (SSSR count). The summed E-state index contributed by atoms with van der Waals surface area (Å²) < 4.78 is 13.1. The number of carboxylic acids is 1. The fourth-order valence-electron chi connectivity index (χ4n) is 3.59. The molecule has 1 aromatic carbocycles. The number of carbonyl (C=O) groups excluding carboxylic acids is 1. The van der Waals surface area contributed by atoms with E-state index in [4.69, 9.17) is 14.6 Å². The molecule has 0 spiro atoms. The number of hydrogen-bond donors (Lipinski definition) is 1. The molecule has 156 valence electrons. The van der Waals surface area contributed by atoms with Crippen molar-refractivity contribution in [3.05, 3.63) is 47.3 Å². The Labute approximate surface area is 169 Å². The first-order valence-corrected chi connectivity index (χ1v) is 9.54. The number of methoxy groups -OCH3 is 2. The second kappa shape index (κ2) is 9.62. The number of rotatable bonds is 7. The van der Waals surface area contributed by atoms with Gasteiger partial charge in [-0.05, 0) is 5.56 Å². The van der Waals surface area contributed by atoms with Gasteiger partial charge in [0.15, 0.2) is 0 Å². The molecule has 1 N–H and O–H groups in total. The third kappa shape index (κ3) is 4.99. The van der Waals surface area contributed by atoms with Gasteiger partial charge >= 0.3 is 5.97 Å². The SMILES string of the molecule is CO[C@H]1CN(C(=O)CCC(=O)O)CCc2c(nnn2Cc2ccccc2)[C@@H]1OC. The van der Waals surface area contributed by atoms with Crippen LogP contribution in [0.25, 0.3) is 0 Å². The Hall–Kier alpha value is -2.78. The molecule has 0 fully saturated rings. The highest BCUT2D eigenvalue weighted by molar-refractivity contribution is 5.80. The number of benzene rings is 1. The fourth-order valence-corrected chi connectivity index (χ4v) is 3.59. The van der Waals surface area contributed by atoms with Gasteiger partial charge in [0.2, 0.25) is 5.91 Å². The first-order chi connectivity index (χ1) is 14.0. The first kappa shape index (κ1) is 20.9. The van der Waals surface area contributed by atoms with Gasteiger partial charge in [0, 0.05) is 40.2 Å². The minimum Gasteiger partial charge on any atom is -0.481 e. The van der Waals surface area contributed by atoms with Crippen LogP contribution in [0.3, 0.4) is 0 Å². The molecule has 9 nitrogen and oxygen atoms in total. The van der Waals surface area contributed by atoms with Crippen LogP contribution >= 0.6 is 0 Å². The van der Waals surface area contributed by atoms with Crippen LogP contribution < -0.4 is 0 Å². The molecule has 2 aromatic rings. The normalized spacial score (nSPS) is 19.3. The number of nitrogens with zero attached hydrogens (tertiary/aromatic N) is 4. The van der Waals surface area contributed by atoms with Crippen molar-refractivity contribution >= 4 is 11.9 Å². The van der Waals surface area contributed by atoms with Gasteiger partial charge in [0.05, 0.1) is 18.7 Å². The van der Waals surface area contributed by atoms with Crippen molar-refractivity contribution in [1.82, 2.24) is 19.9 Å². The van der Waals surface area contributed by atoms with Crippen LogP contribution in [0.15, 0.2) is 30.3 Å². The molecular weight excluding hydrogens is 376 g/mol. The summed E-state index contributed by atoms with van der Waals surface area (Å²) in [6, 6.07) is 9.94. The molecule has 1 aliphatic heterocycles. The van der Waals surface area contributed by atoms with Crippen LogP contribution in [0.2, 0.25) is 0 Å². The zero-order valence-corrected chi connectivity index (χ0v) is 16.7. The van der Waals surface area contributed by atoms with Crippen LogP contribution in [0.4, 0.5) is 0 Å². The molecule has 0 aliphatic carbocycles. The summed E-state index contributed by atoms with van der Waals surface area (Å²) in [7, 11) is 3.14. The monoisotopic (exact) mass is 402 g/mol. The summed E-state index contributed by atoms with van der Waals surface area (Å²) in [6.07, 6.45) is -0.606. The Morgan fingerprint density at radius 1 is 1.17 bits per heavy atom. The molecule has 1 aliphatic rings. The minimum atomic E-state index is -0.990. The molecule has 0 saturated carbocycles. The zero-order valence-electron chi connectivity index (χ0n) is 16.7. The third-order valence-corrected chi connectivity index (χ3v) is 5.13. The number of hydrogen-bond acceptors (Lipinski definition) is 6. The standard InChI is InChI=1S/C20H26N4O5/c1-28-16-13-23(17(25)8-9-18(26)27)11-10-15-19(20(16)29-2)21-22-24(15)12-14-6-4-3-5-7-14/h3-7,16,20H,8-13H2,1-2H3,(H,26,27)/t16-,20+/m0/s1. The fraction of sp³-hybridized carbons (Fsp3) is 0.500. The van der Waals surface area contributed by atoms with E-state index in [0.29, 0.717) is 31.7 Å². The van der Waals surface area contributed by atoms with Crippen molar-refractivity contribution in [3.63, 3.8) is 0 Å². The molecule has 0 saturated heterocycles. The Morgan fingerprint density at radius 3 is 2.59 bits per heavy atom. The number of aliphatic carboxylic acids is 1. The number of carboxylic acid groups (broad SMARTS) is 1. The summed E-state index contributed by atoms with van der Waals surface area (Å²) in [6.45, 7) is 1.30. The second-order valence-electron chi connectivity index (χ2n) is 6.98. The van der Waals surface area contributed by atoms with Gasteiger partial charge in [0.25, 0.3) is 0 Å². The maximum atomic E-state index is 12.6. The van der Waals surface area contributed by atoms with Crippen LogP contribution in [-0.2, 0) is 32.0 Å². The summed E-state index contributed by atoms with van der Waals surface area (Å²) in [5.41, 5.74) is 2.69. The summed E-state index contributed by atoms with van der Waals surface area (Å²) >= 11 is 0. The molecule has 29 heavy (non-hydrogen) atoms. The van der Waals surface area contributed by atoms with E-state index in [9.17, 15) is 9.59 Å². The number of aromatic nitrogens is 3. The van der Waals surface area contributed by atoms with Gasteiger partial charge < -0.3 is 19.5 Å². The van der Waals surface area contributed by atoms with Crippen molar-refractivity contribution in [2.24, 2.45) is 0 Å². The van der Waals surface area contributed by atoms with Crippen molar-refractivity contribution in [2.45, 2.75) is 38.0 Å². The van der Waals surface area contributed by atoms with Gasteiger partial charge in [-0.2, -0.15) is 0 Å².